The molecule has 0 radical (unpaired) electrons. The number of carbonyl (C=O) groups excluding carboxylic acids is 1. The Balaban J connectivity index is 2.63. The second-order valence-corrected chi connectivity index (χ2v) is 7.39. The zero-order chi connectivity index (χ0) is 14.6. The Morgan fingerprint density at radius 2 is 2.00 bits per heavy atom. The fourth-order valence-electron chi connectivity index (χ4n) is 1.77. The molecule has 1 amide bonds. The molecule has 1 aromatic rings. The van der Waals surface area contributed by atoms with Gasteiger partial charge in [-0.25, -0.2) is 17.1 Å². The Kier molecular flexibility index (Phi) is 2.90. The number of rotatable bonds is 2. The fraction of sp³-hybridized carbons (Fsp3) is 0.273. The third-order valence-corrected chi connectivity index (χ3v) is 5.56. The molecule has 102 valence electrons. The maximum absolute atomic E-state index is 13.2. The van der Waals surface area contributed by atoms with Crippen LogP contribution < -0.4 is 10.0 Å². The van der Waals surface area contributed by atoms with E-state index in [-0.39, 0.29) is 16.2 Å². The van der Waals surface area contributed by atoms with Crippen molar-refractivity contribution in [3.8, 4) is 0 Å². The minimum Gasteiger partial charge on any atom is -0.389 e. The zero-order valence-corrected chi connectivity index (χ0v) is 11.8. The summed E-state index contributed by atoms with van der Waals surface area (Å²) in [5, 5.41) is 0. The molecule has 1 saturated heterocycles. The Labute approximate surface area is 115 Å². The van der Waals surface area contributed by atoms with Crippen LogP contribution in [0.15, 0.2) is 18.2 Å². The van der Waals surface area contributed by atoms with E-state index in [1.54, 1.807) is 0 Å². The van der Waals surface area contributed by atoms with E-state index >= 15 is 0 Å². The molecule has 8 heteroatoms. The van der Waals surface area contributed by atoms with Gasteiger partial charge in [0.05, 0.1) is 5.69 Å². The normalized spacial score (nSPS) is 19.9. The van der Waals surface area contributed by atoms with Gasteiger partial charge in [-0.3, -0.25) is 4.79 Å². The summed E-state index contributed by atoms with van der Waals surface area (Å²) in [7, 11) is -3.83. The van der Waals surface area contributed by atoms with Gasteiger partial charge >= 0.3 is 0 Å². The number of benzene rings is 1. The first-order valence-electron chi connectivity index (χ1n) is 5.29. The summed E-state index contributed by atoms with van der Waals surface area (Å²) < 4.78 is 36.4. The van der Waals surface area contributed by atoms with Gasteiger partial charge in [-0.1, -0.05) is 12.2 Å². The van der Waals surface area contributed by atoms with E-state index in [1.165, 1.54) is 19.9 Å². The smallest absolute Gasteiger partial charge is 0.263 e. The van der Waals surface area contributed by atoms with E-state index in [0.29, 0.717) is 4.31 Å². The van der Waals surface area contributed by atoms with Crippen molar-refractivity contribution in [3.63, 3.8) is 0 Å². The van der Waals surface area contributed by atoms with Gasteiger partial charge in [0.2, 0.25) is 0 Å². The summed E-state index contributed by atoms with van der Waals surface area (Å²) >= 11 is 4.75. The van der Waals surface area contributed by atoms with Crippen LogP contribution in [0.3, 0.4) is 0 Å². The lowest BCUT2D eigenvalue weighted by Crippen LogP contribution is -2.68. The van der Waals surface area contributed by atoms with Crippen LogP contribution in [0.1, 0.15) is 19.4 Å². The average Bonchev–Trinajstić information content (AvgIpc) is 2.30. The molecule has 0 spiro atoms. The van der Waals surface area contributed by atoms with Crippen molar-refractivity contribution in [2.24, 2.45) is 5.73 Å². The molecule has 1 aromatic carbocycles. The molecule has 0 atom stereocenters. The molecule has 0 bridgehead atoms. The standard InChI is InChI=1S/C11H11FN2O3S2/c1-11(2)10(15)14(19(11,16)17)8-4-3-6(12)5-7(8)9(13)18/h3-5H,1-2H3,(H2,13,18). The van der Waals surface area contributed by atoms with E-state index in [9.17, 15) is 17.6 Å². The highest BCUT2D eigenvalue weighted by Gasteiger charge is 2.61. The van der Waals surface area contributed by atoms with Crippen molar-refractivity contribution in [2.45, 2.75) is 18.6 Å². The van der Waals surface area contributed by atoms with Crippen molar-refractivity contribution in [1.29, 1.82) is 0 Å². The first-order chi connectivity index (χ1) is 8.60. The van der Waals surface area contributed by atoms with Crippen LogP contribution in [-0.4, -0.2) is 24.1 Å². The molecule has 19 heavy (non-hydrogen) atoms. The lowest BCUT2D eigenvalue weighted by Gasteiger charge is -2.43. The Morgan fingerprint density at radius 3 is 2.47 bits per heavy atom. The van der Waals surface area contributed by atoms with Crippen molar-refractivity contribution < 1.29 is 17.6 Å². The first kappa shape index (κ1) is 13.9. The predicted molar refractivity (Wildman–Crippen MR) is 72.8 cm³/mol. The fourth-order valence-corrected chi connectivity index (χ4v) is 3.44. The van der Waals surface area contributed by atoms with Crippen LogP contribution in [0.2, 0.25) is 0 Å². The molecule has 5 nitrogen and oxygen atoms in total. The summed E-state index contributed by atoms with van der Waals surface area (Å²) in [6, 6.07) is 3.23. The lowest BCUT2D eigenvalue weighted by molar-refractivity contribution is -0.120. The number of thiocarbonyl (C=S) groups is 1. The van der Waals surface area contributed by atoms with Gasteiger partial charge in [-0.05, 0) is 32.0 Å². The van der Waals surface area contributed by atoms with Crippen LogP contribution in [0, 0.1) is 5.82 Å². The largest absolute Gasteiger partial charge is 0.389 e. The molecule has 0 aromatic heterocycles. The maximum Gasteiger partial charge on any atom is 0.263 e. The number of sulfonamides is 1. The van der Waals surface area contributed by atoms with Crippen LogP contribution in [0.4, 0.5) is 10.1 Å². The lowest BCUT2D eigenvalue weighted by atomic mass is 10.1. The number of carbonyl (C=O) groups is 1. The molecular formula is C11H11FN2O3S2. The van der Waals surface area contributed by atoms with E-state index in [4.69, 9.17) is 18.0 Å². The summed E-state index contributed by atoms with van der Waals surface area (Å²) in [6.45, 7) is 2.62. The molecule has 1 aliphatic heterocycles. The number of anilines is 1. The highest BCUT2D eigenvalue weighted by molar-refractivity contribution is 7.98. The minimum atomic E-state index is -3.83. The molecule has 1 heterocycles. The van der Waals surface area contributed by atoms with E-state index in [1.807, 2.05) is 0 Å². The number of amides is 1. The summed E-state index contributed by atoms with van der Waals surface area (Å²) in [6.07, 6.45) is 0. The van der Waals surface area contributed by atoms with Crippen LogP contribution in [-0.2, 0) is 14.8 Å². The molecule has 1 aliphatic rings. The minimum absolute atomic E-state index is 0.0155. The average molecular weight is 302 g/mol. The topological polar surface area (TPSA) is 80.5 Å². The number of nitrogens with zero attached hydrogens (tertiary/aromatic N) is 1. The van der Waals surface area contributed by atoms with Crippen LogP contribution >= 0.6 is 12.2 Å². The Morgan fingerprint density at radius 1 is 1.42 bits per heavy atom. The zero-order valence-electron chi connectivity index (χ0n) is 10.2. The van der Waals surface area contributed by atoms with Gasteiger partial charge in [0.15, 0.2) is 4.75 Å². The molecule has 2 rings (SSSR count). The van der Waals surface area contributed by atoms with Crippen molar-refractivity contribution >= 4 is 38.8 Å². The van der Waals surface area contributed by atoms with Crippen molar-refractivity contribution in [3.05, 3.63) is 29.6 Å². The SMILES string of the molecule is CC1(C)C(=O)N(c2ccc(F)cc2C(N)=S)S1(=O)=O. The van der Waals surface area contributed by atoms with Crippen molar-refractivity contribution in [2.75, 3.05) is 4.31 Å². The maximum atomic E-state index is 13.2. The Bertz CT molecular complexity index is 698. The molecule has 0 saturated carbocycles. The van der Waals surface area contributed by atoms with Gasteiger partial charge < -0.3 is 5.73 Å². The predicted octanol–water partition coefficient (Wildman–Crippen LogP) is 0.915. The molecule has 0 unspecified atom stereocenters. The Hall–Kier alpha value is -1.54. The third kappa shape index (κ3) is 1.74. The third-order valence-electron chi connectivity index (χ3n) is 3.03. The van der Waals surface area contributed by atoms with Crippen molar-refractivity contribution in [1.82, 2.24) is 0 Å². The summed E-state index contributed by atoms with van der Waals surface area (Å²) in [5.74, 6) is -1.22. The van der Waals surface area contributed by atoms with Crippen LogP contribution in [0.5, 0.6) is 0 Å². The van der Waals surface area contributed by atoms with Gasteiger partial charge in [0.1, 0.15) is 10.8 Å². The van der Waals surface area contributed by atoms with Crippen LogP contribution in [0.25, 0.3) is 0 Å². The molecule has 0 aliphatic carbocycles. The quantitative estimate of drug-likeness (QED) is 0.822. The number of hydrogen-bond acceptors (Lipinski definition) is 4. The highest BCUT2D eigenvalue weighted by atomic mass is 32.2. The van der Waals surface area contributed by atoms with Gasteiger partial charge in [0, 0.05) is 5.56 Å². The van der Waals surface area contributed by atoms with E-state index in [0.717, 1.165) is 12.1 Å². The van der Waals surface area contributed by atoms with Gasteiger partial charge in [0.25, 0.3) is 15.9 Å². The van der Waals surface area contributed by atoms with E-state index < -0.39 is 26.5 Å². The molecule has 2 N–H and O–H groups in total. The molecule has 1 fully saturated rings. The van der Waals surface area contributed by atoms with E-state index in [2.05, 4.69) is 0 Å². The number of nitrogens with two attached hydrogens (primary N) is 1. The molecular weight excluding hydrogens is 291 g/mol. The van der Waals surface area contributed by atoms with Gasteiger partial charge in [-0.15, -0.1) is 0 Å². The van der Waals surface area contributed by atoms with Gasteiger partial charge in [-0.2, -0.15) is 0 Å². The number of hydrogen-bond donors (Lipinski definition) is 1. The second-order valence-electron chi connectivity index (χ2n) is 4.61. The highest BCUT2D eigenvalue weighted by Crippen LogP contribution is 2.40. The monoisotopic (exact) mass is 302 g/mol. The number of halogens is 1. The second kappa shape index (κ2) is 3.97. The summed E-state index contributed by atoms with van der Waals surface area (Å²) in [5.41, 5.74) is 5.43. The first-order valence-corrected chi connectivity index (χ1v) is 7.14. The summed E-state index contributed by atoms with van der Waals surface area (Å²) in [4.78, 5) is 11.7.